The van der Waals surface area contributed by atoms with Crippen LogP contribution in [0.5, 0.6) is 0 Å². The molecule has 2 rings (SSSR count). The number of rotatable bonds is 4. The van der Waals surface area contributed by atoms with Crippen LogP contribution in [0.15, 0.2) is 18.2 Å². The molecule has 2 nitrogen and oxygen atoms in total. The van der Waals surface area contributed by atoms with Crippen molar-refractivity contribution in [3.8, 4) is 0 Å². The molecule has 1 saturated carbocycles. The Morgan fingerprint density at radius 3 is 2.47 bits per heavy atom. The van der Waals surface area contributed by atoms with Gasteiger partial charge in [-0.3, -0.25) is 0 Å². The van der Waals surface area contributed by atoms with Crippen LogP contribution < -0.4 is 4.90 Å². The van der Waals surface area contributed by atoms with Gasteiger partial charge in [0.05, 0.1) is 12.2 Å². The average molecular weight is 273 g/mol. The van der Waals surface area contributed by atoms with Gasteiger partial charge < -0.3 is 10.0 Å². The maximum absolute atomic E-state index is 13.1. The summed E-state index contributed by atoms with van der Waals surface area (Å²) in [6.45, 7) is 0.275. The van der Waals surface area contributed by atoms with Crippen molar-refractivity contribution < 1.29 is 18.3 Å². The number of aliphatic hydroxyl groups excluding tert-OH is 1. The van der Waals surface area contributed by atoms with E-state index >= 15 is 0 Å². The Morgan fingerprint density at radius 1 is 1.32 bits per heavy atom. The van der Waals surface area contributed by atoms with Crippen LogP contribution in [0.25, 0.3) is 0 Å². The summed E-state index contributed by atoms with van der Waals surface area (Å²) in [4.78, 5) is 1.67. The topological polar surface area (TPSA) is 23.5 Å². The standard InChI is InChI=1S/C14H18F3NO/c1-18(8-10-3-2-4-10)13-6-5-11(9-19)7-12(13)14(15,16)17/h5-7,10,19H,2-4,8-9H2,1H3. The smallest absolute Gasteiger partial charge is 0.392 e. The largest absolute Gasteiger partial charge is 0.418 e. The van der Waals surface area contributed by atoms with Crippen molar-refractivity contribution in [2.24, 2.45) is 5.92 Å². The normalized spacial score (nSPS) is 16.3. The first kappa shape index (κ1) is 14.2. The third kappa shape index (κ3) is 3.21. The molecule has 0 bridgehead atoms. The van der Waals surface area contributed by atoms with Gasteiger partial charge in [-0.2, -0.15) is 13.2 Å². The predicted molar refractivity (Wildman–Crippen MR) is 68.0 cm³/mol. The summed E-state index contributed by atoms with van der Waals surface area (Å²) < 4.78 is 39.2. The summed E-state index contributed by atoms with van der Waals surface area (Å²) in [6, 6.07) is 4.03. The quantitative estimate of drug-likeness (QED) is 0.908. The lowest BCUT2D eigenvalue weighted by Gasteiger charge is -2.32. The monoisotopic (exact) mass is 273 g/mol. The molecule has 0 unspecified atom stereocenters. The molecule has 1 aliphatic carbocycles. The first-order valence-electron chi connectivity index (χ1n) is 6.44. The maximum Gasteiger partial charge on any atom is 0.418 e. The number of hydrogen-bond donors (Lipinski definition) is 1. The second-order valence-corrected chi connectivity index (χ2v) is 5.18. The van der Waals surface area contributed by atoms with Gasteiger partial charge in [0.15, 0.2) is 0 Å². The van der Waals surface area contributed by atoms with E-state index in [-0.39, 0.29) is 17.9 Å². The first-order valence-corrected chi connectivity index (χ1v) is 6.44. The summed E-state index contributed by atoms with van der Waals surface area (Å²) in [5, 5.41) is 8.97. The van der Waals surface area contributed by atoms with Crippen LogP contribution in [0.2, 0.25) is 0 Å². The van der Waals surface area contributed by atoms with Gasteiger partial charge in [0.1, 0.15) is 0 Å². The van der Waals surface area contributed by atoms with Crippen LogP contribution in [0, 0.1) is 5.92 Å². The highest BCUT2D eigenvalue weighted by Gasteiger charge is 2.35. The molecule has 0 aromatic heterocycles. The lowest BCUT2D eigenvalue weighted by Crippen LogP contribution is -2.30. The van der Waals surface area contributed by atoms with Crippen LogP contribution in [0.4, 0.5) is 18.9 Å². The number of hydrogen-bond acceptors (Lipinski definition) is 2. The Bertz CT molecular complexity index is 441. The Labute approximate surface area is 110 Å². The highest BCUT2D eigenvalue weighted by atomic mass is 19.4. The van der Waals surface area contributed by atoms with E-state index in [4.69, 9.17) is 5.11 Å². The highest BCUT2D eigenvalue weighted by Crippen LogP contribution is 2.38. The van der Waals surface area contributed by atoms with E-state index in [0.717, 1.165) is 18.9 Å². The molecule has 0 spiro atoms. The van der Waals surface area contributed by atoms with Gasteiger partial charge in [-0.05, 0) is 36.5 Å². The van der Waals surface area contributed by atoms with Gasteiger partial charge in [-0.15, -0.1) is 0 Å². The van der Waals surface area contributed by atoms with Crippen molar-refractivity contribution in [1.82, 2.24) is 0 Å². The third-order valence-corrected chi connectivity index (χ3v) is 3.72. The first-order chi connectivity index (χ1) is 8.91. The number of alkyl halides is 3. The fourth-order valence-electron chi connectivity index (χ4n) is 2.40. The molecule has 0 heterocycles. The van der Waals surface area contributed by atoms with Crippen molar-refractivity contribution in [2.45, 2.75) is 32.0 Å². The molecule has 0 atom stereocenters. The zero-order valence-corrected chi connectivity index (χ0v) is 10.9. The van der Waals surface area contributed by atoms with Gasteiger partial charge in [-0.1, -0.05) is 12.5 Å². The van der Waals surface area contributed by atoms with Gasteiger partial charge in [0.25, 0.3) is 0 Å². The lowest BCUT2D eigenvalue weighted by molar-refractivity contribution is -0.137. The maximum atomic E-state index is 13.1. The number of aliphatic hydroxyl groups is 1. The van der Waals surface area contributed by atoms with Crippen molar-refractivity contribution >= 4 is 5.69 Å². The van der Waals surface area contributed by atoms with Crippen LogP contribution in [-0.2, 0) is 12.8 Å². The highest BCUT2D eigenvalue weighted by molar-refractivity contribution is 5.56. The number of halogens is 3. The molecule has 5 heteroatoms. The molecular weight excluding hydrogens is 255 g/mol. The zero-order valence-electron chi connectivity index (χ0n) is 10.9. The van der Waals surface area contributed by atoms with Crippen molar-refractivity contribution in [1.29, 1.82) is 0 Å². The zero-order chi connectivity index (χ0) is 14.0. The fraction of sp³-hybridized carbons (Fsp3) is 0.571. The van der Waals surface area contributed by atoms with E-state index in [1.807, 2.05) is 0 Å². The van der Waals surface area contributed by atoms with E-state index in [9.17, 15) is 13.2 Å². The van der Waals surface area contributed by atoms with E-state index in [0.29, 0.717) is 12.5 Å². The molecule has 19 heavy (non-hydrogen) atoms. The van der Waals surface area contributed by atoms with Crippen LogP contribution in [0.1, 0.15) is 30.4 Å². The molecular formula is C14H18F3NO. The minimum atomic E-state index is -4.39. The lowest BCUT2D eigenvalue weighted by atomic mass is 9.85. The third-order valence-electron chi connectivity index (χ3n) is 3.72. The molecule has 106 valence electrons. The summed E-state index contributed by atoms with van der Waals surface area (Å²) in [5.74, 6) is 0.503. The molecule has 1 aromatic rings. The average Bonchev–Trinajstić information content (AvgIpc) is 2.31. The number of nitrogens with zero attached hydrogens (tertiary/aromatic N) is 1. The minimum absolute atomic E-state index is 0.191. The Balaban J connectivity index is 2.26. The Hall–Kier alpha value is -1.23. The molecule has 0 amide bonds. The van der Waals surface area contributed by atoms with E-state index in [2.05, 4.69) is 0 Å². The molecule has 1 fully saturated rings. The van der Waals surface area contributed by atoms with E-state index < -0.39 is 11.7 Å². The van der Waals surface area contributed by atoms with E-state index in [1.165, 1.54) is 12.5 Å². The van der Waals surface area contributed by atoms with Crippen LogP contribution >= 0.6 is 0 Å². The molecule has 0 aliphatic heterocycles. The van der Waals surface area contributed by atoms with Crippen molar-refractivity contribution in [2.75, 3.05) is 18.5 Å². The van der Waals surface area contributed by atoms with Crippen molar-refractivity contribution in [3.05, 3.63) is 29.3 Å². The number of anilines is 1. The van der Waals surface area contributed by atoms with Gasteiger partial charge in [-0.25, -0.2) is 0 Å². The second kappa shape index (κ2) is 5.41. The van der Waals surface area contributed by atoms with E-state index in [1.54, 1.807) is 18.0 Å². The Morgan fingerprint density at radius 2 is 2.00 bits per heavy atom. The predicted octanol–water partition coefficient (Wildman–Crippen LogP) is 3.43. The summed E-state index contributed by atoms with van der Waals surface area (Å²) in [7, 11) is 1.70. The van der Waals surface area contributed by atoms with Crippen molar-refractivity contribution in [3.63, 3.8) is 0 Å². The molecule has 0 saturated heterocycles. The molecule has 1 aliphatic rings. The van der Waals surface area contributed by atoms with Crippen LogP contribution in [0.3, 0.4) is 0 Å². The summed E-state index contributed by atoms with van der Waals surface area (Å²) in [6.07, 6.45) is -1.02. The number of benzene rings is 1. The Kier molecular flexibility index (Phi) is 4.04. The van der Waals surface area contributed by atoms with Gasteiger partial charge in [0.2, 0.25) is 0 Å². The molecule has 1 aromatic carbocycles. The SMILES string of the molecule is CN(CC1CCC1)c1ccc(CO)cc1C(F)(F)F. The molecule has 1 N–H and O–H groups in total. The van der Waals surface area contributed by atoms with Gasteiger partial charge >= 0.3 is 6.18 Å². The fourth-order valence-corrected chi connectivity index (χ4v) is 2.40. The summed E-state index contributed by atoms with van der Waals surface area (Å²) >= 11 is 0. The summed E-state index contributed by atoms with van der Waals surface area (Å²) in [5.41, 5.74) is -0.189. The molecule has 0 radical (unpaired) electrons. The second-order valence-electron chi connectivity index (χ2n) is 5.18. The van der Waals surface area contributed by atoms with Gasteiger partial charge in [0, 0.05) is 19.3 Å². The van der Waals surface area contributed by atoms with Crippen LogP contribution in [-0.4, -0.2) is 18.7 Å². The minimum Gasteiger partial charge on any atom is -0.392 e.